The minimum atomic E-state index is -0.420. The monoisotopic (exact) mass is 359 g/mol. The smallest absolute Gasteiger partial charge is 0.234 e. The lowest BCUT2D eigenvalue weighted by Crippen LogP contribution is -2.53. The van der Waals surface area contributed by atoms with E-state index in [2.05, 4.69) is 15.9 Å². The lowest BCUT2D eigenvalue weighted by atomic mass is 9.83. The summed E-state index contributed by atoms with van der Waals surface area (Å²) in [6.45, 7) is 8.75. The third kappa shape index (κ3) is 3.85. The Labute approximate surface area is 155 Å². The molecule has 0 spiro atoms. The number of hydrogen-bond donors (Lipinski definition) is 0. The molecule has 6 nitrogen and oxygen atoms in total. The van der Waals surface area contributed by atoms with Gasteiger partial charge in [-0.25, -0.2) is 0 Å². The third-order valence-corrected chi connectivity index (χ3v) is 5.53. The van der Waals surface area contributed by atoms with Gasteiger partial charge in [0.1, 0.15) is 5.75 Å². The zero-order chi connectivity index (χ0) is 18.7. The fraction of sp³-hybridized carbons (Fsp3) is 0.600. The van der Waals surface area contributed by atoms with Crippen LogP contribution in [0.3, 0.4) is 0 Å². The van der Waals surface area contributed by atoms with E-state index in [0.717, 1.165) is 44.2 Å². The summed E-state index contributed by atoms with van der Waals surface area (Å²) < 4.78 is 5.46. The van der Waals surface area contributed by atoms with Gasteiger partial charge >= 0.3 is 0 Å². The molecule has 0 unspecified atom stereocenters. The van der Waals surface area contributed by atoms with E-state index in [1.54, 1.807) is 7.11 Å². The molecule has 2 saturated heterocycles. The highest BCUT2D eigenvalue weighted by Gasteiger charge is 2.39. The number of ether oxygens (including phenoxy) is 1. The van der Waals surface area contributed by atoms with Gasteiger partial charge in [0.15, 0.2) is 0 Å². The number of imide groups is 1. The highest BCUT2D eigenvalue weighted by Crippen LogP contribution is 2.31. The van der Waals surface area contributed by atoms with Crippen LogP contribution in [0, 0.1) is 5.41 Å². The van der Waals surface area contributed by atoms with Gasteiger partial charge in [-0.1, -0.05) is 26.0 Å². The Morgan fingerprint density at radius 3 is 2.42 bits per heavy atom. The van der Waals surface area contributed by atoms with Crippen molar-refractivity contribution in [2.45, 2.75) is 26.7 Å². The van der Waals surface area contributed by atoms with Gasteiger partial charge < -0.3 is 9.64 Å². The highest BCUT2D eigenvalue weighted by atomic mass is 16.5. The number of para-hydroxylation sites is 2. The second kappa shape index (κ2) is 7.66. The Bertz CT molecular complexity index is 666. The number of carbonyl (C=O) groups excluding carboxylic acids is 2. The van der Waals surface area contributed by atoms with E-state index in [9.17, 15) is 9.59 Å². The van der Waals surface area contributed by atoms with Crippen molar-refractivity contribution in [1.29, 1.82) is 0 Å². The number of hydrogen-bond acceptors (Lipinski definition) is 5. The maximum atomic E-state index is 12.5. The van der Waals surface area contributed by atoms with Crippen LogP contribution in [0.25, 0.3) is 0 Å². The molecule has 0 radical (unpaired) electrons. The molecule has 2 amide bonds. The van der Waals surface area contributed by atoms with Crippen LogP contribution >= 0.6 is 0 Å². The van der Waals surface area contributed by atoms with Crippen molar-refractivity contribution >= 4 is 17.5 Å². The first-order valence-electron chi connectivity index (χ1n) is 9.37. The van der Waals surface area contributed by atoms with E-state index in [4.69, 9.17) is 4.74 Å². The molecule has 0 N–H and O–H groups in total. The molecule has 2 aliphatic heterocycles. The molecule has 142 valence electrons. The van der Waals surface area contributed by atoms with Crippen LogP contribution in [0.5, 0.6) is 5.75 Å². The van der Waals surface area contributed by atoms with Crippen LogP contribution < -0.4 is 9.64 Å². The Hall–Kier alpha value is -2.08. The minimum absolute atomic E-state index is 0.0259. The van der Waals surface area contributed by atoms with Gasteiger partial charge in [-0.3, -0.25) is 19.4 Å². The number of likely N-dealkylation sites (tertiary alicyclic amines) is 1. The van der Waals surface area contributed by atoms with Crippen LogP contribution in [0.15, 0.2) is 24.3 Å². The fourth-order valence-corrected chi connectivity index (χ4v) is 3.71. The van der Waals surface area contributed by atoms with E-state index < -0.39 is 5.41 Å². The maximum absolute atomic E-state index is 12.5. The first-order chi connectivity index (χ1) is 12.4. The molecular weight excluding hydrogens is 330 g/mol. The second-order valence-corrected chi connectivity index (χ2v) is 7.73. The summed E-state index contributed by atoms with van der Waals surface area (Å²) in [4.78, 5) is 30.8. The standard InChI is InChI=1S/C20H29N3O3/c1-20(2)9-8-18(24)23(19(20)25)15-12-21-10-13-22(14-11-21)16-6-4-5-7-17(16)26-3/h4-7H,8-15H2,1-3H3. The van der Waals surface area contributed by atoms with Gasteiger partial charge in [-0.2, -0.15) is 0 Å². The average molecular weight is 359 g/mol. The van der Waals surface area contributed by atoms with Crippen molar-refractivity contribution < 1.29 is 14.3 Å². The van der Waals surface area contributed by atoms with Crippen LogP contribution in [0.2, 0.25) is 0 Å². The van der Waals surface area contributed by atoms with Crippen molar-refractivity contribution in [3.63, 3.8) is 0 Å². The van der Waals surface area contributed by atoms with Crippen LogP contribution in [0.1, 0.15) is 26.7 Å². The van der Waals surface area contributed by atoms with Crippen molar-refractivity contribution in [3.8, 4) is 5.75 Å². The molecule has 1 aromatic rings. The lowest BCUT2D eigenvalue weighted by molar-refractivity contribution is -0.156. The van der Waals surface area contributed by atoms with E-state index in [0.29, 0.717) is 19.4 Å². The van der Waals surface area contributed by atoms with Gasteiger partial charge in [0.25, 0.3) is 0 Å². The van der Waals surface area contributed by atoms with Crippen molar-refractivity contribution in [2.75, 3.05) is 51.3 Å². The number of methoxy groups -OCH3 is 1. The van der Waals surface area contributed by atoms with Crippen LogP contribution in [0.4, 0.5) is 5.69 Å². The van der Waals surface area contributed by atoms with Gasteiger partial charge in [-0.05, 0) is 18.6 Å². The Kier molecular flexibility index (Phi) is 5.51. The van der Waals surface area contributed by atoms with Crippen molar-refractivity contribution in [3.05, 3.63) is 24.3 Å². The SMILES string of the molecule is COc1ccccc1N1CCN(CCN2C(=O)CCC(C)(C)C2=O)CC1. The van der Waals surface area contributed by atoms with Crippen LogP contribution in [-0.4, -0.2) is 68.0 Å². The maximum Gasteiger partial charge on any atom is 0.234 e. The van der Waals surface area contributed by atoms with Gasteiger partial charge in [0.05, 0.1) is 12.8 Å². The first kappa shape index (κ1) is 18.7. The molecule has 0 aliphatic carbocycles. The predicted octanol–water partition coefficient (Wildman–Crippen LogP) is 1.99. The number of piperidine rings is 1. The zero-order valence-corrected chi connectivity index (χ0v) is 16.0. The van der Waals surface area contributed by atoms with Gasteiger partial charge in [-0.15, -0.1) is 0 Å². The van der Waals surface area contributed by atoms with E-state index in [-0.39, 0.29) is 11.8 Å². The zero-order valence-electron chi connectivity index (χ0n) is 16.0. The number of nitrogens with zero attached hydrogens (tertiary/aromatic N) is 3. The number of carbonyl (C=O) groups is 2. The Morgan fingerprint density at radius 1 is 1.04 bits per heavy atom. The van der Waals surface area contributed by atoms with Gasteiger partial charge in [0, 0.05) is 51.1 Å². The largest absolute Gasteiger partial charge is 0.495 e. The molecule has 0 atom stereocenters. The molecule has 6 heteroatoms. The molecule has 0 aromatic heterocycles. The third-order valence-electron chi connectivity index (χ3n) is 5.53. The molecule has 2 aliphatic rings. The number of amides is 2. The number of anilines is 1. The average Bonchev–Trinajstić information content (AvgIpc) is 2.66. The predicted molar refractivity (Wildman–Crippen MR) is 101 cm³/mol. The molecular formula is C20H29N3O3. The summed E-state index contributed by atoms with van der Waals surface area (Å²) in [5.74, 6) is 0.844. The summed E-state index contributed by atoms with van der Waals surface area (Å²) in [5, 5.41) is 0. The second-order valence-electron chi connectivity index (χ2n) is 7.73. The summed E-state index contributed by atoms with van der Waals surface area (Å²) in [6.07, 6.45) is 1.12. The summed E-state index contributed by atoms with van der Waals surface area (Å²) >= 11 is 0. The van der Waals surface area contributed by atoms with Gasteiger partial charge in [0.2, 0.25) is 11.8 Å². The summed E-state index contributed by atoms with van der Waals surface area (Å²) in [6, 6.07) is 8.07. The molecule has 2 fully saturated rings. The quantitative estimate of drug-likeness (QED) is 0.753. The van der Waals surface area contributed by atoms with Crippen LogP contribution in [-0.2, 0) is 9.59 Å². The molecule has 2 heterocycles. The first-order valence-corrected chi connectivity index (χ1v) is 9.37. The molecule has 26 heavy (non-hydrogen) atoms. The summed E-state index contributed by atoms with van der Waals surface area (Å²) in [5.41, 5.74) is 0.703. The lowest BCUT2D eigenvalue weighted by Gasteiger charge is -2.39. The molecule has 0 saturated carbocycles. The Balaban J connectivity index is 1.53. The topological polar surface area (TPSA) is 53.1 Å². The van der Waals surface area contributed by atoms with Crippen molar-refractivity contribution in [2.24, 2.45) is 5.41 Å². The van der Waals surface area contributed by atoms with Crippen molar-refractivity contribution in [1.82, 2.24) is 9.80 Å². The molecule has 0 bridgehead atoms. The Morgan fingerprint density at radius 2 is 1.73 bits per heavy atom. The summed E-state index contributed by atoms with van der Waals surface area (Å²) in [7, 11) is 1.70. The number of benzene rings is 1. The molecule has 1 aromatic carbocycles. The van der Waals surface area contributed by atoms with E-state index >= 15 is 0 Å². The van der Waals surface area contributed by atoms with E-state index in [1.165, 1.54) is 4.90 Å². The highest BCUT2D eigenvalue weighted by molar-refractivity contribution is 6.00. The minimum Gasteiger partial charge on any atom is -0.495 e. The normalized spacial score (nSPS) is 21.2. The number of rotatable bonds is 5. The molecule has 3 rings (SSSR count). The van der Waals surface area contributed by atoms with E-state index in [1.807, 2.05) is 32.0 Å². The fourth-order valence-electron chi connectivity index (χ4n) is 3.71. The number of piperazine rings is 1.